The van der Waals surface area contributed by atoms with Crippen LogP contribution in [0.3, 0.4) is 0 Å². The quantitative estimate of drug-likeness (QED) is 0.639. The first kappa shape index (κ1) is 19.3. The first-order valence-corrected chi connectivity index (χ1v) is 8.54. The van der Waals surface area contributed by atoms with Gasteiger partial charge in [0.15, 0.2) is 6.10 Å². The number of carbonyl (C=O) groups excluding carboxylic acids is 1. The minimum atomic E-state index is -1.39. The lowest BCUT2D eigenvalue weighted by atomic mass is 9.82. The zero-order valence-electron chi connectivity index (χ0n) is 13.3. The largest absolute Gasteiger partial charge is 0.508 e. The van der Waals surface area contributed by atoms with E-state index in [0.29, 0.717) is 30.0 Å². The molecule has 1 aliphatic rings. The number of phenols is 1. The Bertz CT molecular complexity index is 614. The lowest BCUT2D eigenvalue weighted by Crippen LogP contribution is -2.50. The predicted octanol–water partition coefficient (Wildman–Crippen LogP) is 1.68. The van der Waals surface area contributed by atoms with Gasteiger partial charge in [0.05, 0.1) is 16.7 Å². The van der Waals surface area contributed by atoms with Crippen LogP contribution in [0, 0.1) is 5.92 Å². The fourth-order valence-corrected chi connectivity index (χ4v) is 3.53. The van der Waals surface area contributed by atoms with E-state index >= 15 is 0 Å². The van der Waals surface area contributed by atoms with Gasteiger partial charge in [0.25, 0.3) is 5.91 Å². The fourth-order valence-electron chi connectivity index (χ4n) is 3.20. The number of carbonyl (C=O) groups is 1. The van der Waals surface area contributed by atoms with E-state index in [2.05, 4.69) is 0 Å². The van der Waals surface area contributed by atoms with Crippen molar-refractivity contribution in [1.82, 2.24) is 4.90 Å². The number of phenolic OH excluding ortho intramolecular Hbond substituents is 1. The van der Waals surface area contributed by atoms with Gasteiger partial charge in [-0.3, -0.25) is 4.79 Å². The highest BCUT2D eigenvalue weighted by molar-refractivity contribution is 6.42. The van der Waals surface area contributed by atoms with Gasteiger partial charge in [0, 0.05) is 30.3 Å². The van der Waals surface area contributed by atoms with E-state index in [-0.39, 0.29) is 22.7 Å². The molecule has 0 aromatic heterocycles. The molecule has 0 bridgehead atoms. The monoisotopic (exact) mass is 376 g/mol. The second-order valence-electron chi connectivity index (χ2n) is 6.21. The number of nitrogens with zero attached hydrogens (tertiary/aromatic N) is 1. The summed E-state index contributed by atoms with van der Waals surface area (Å²) in [6, 6.07) is 2.37. The molecule has 0 radical (unpaired) electrons. The molecule has 0 aliphatic carbocycles. The van der Waals surface area contributed by atoms with Crippen LogP contribution in [-0.2, 0) is 4.79 Å². The van der Waals surface area contributed by atoms with E-state index in [9.17, 15) is 15.0 Å². The molecule has 6 nitrogen and oxygen atoms in total. The number of nitrogens with two attached hydrogens (primary N) is 1. The summed E-state index contributed by atoms with van der Waals surface area (Å²) in [5.74, 6) is -0.438. The van der Waals surface area contributed by atoms with Crippen LogP contribution in [0.5, 0.6) is 5.75 Å². The van der Waals surface area contributed by atoms with Crippen LogP contribution in [0.2, 0.25) is 10.0 Å². The fraction of sp³-hybridized carbons (Fsp3) is 0.562. The Morgan fingerprint density at radius 2 is 2.04 bits per heavy atom. The van der Waals surface area contributed by atoms with Gasteiger partial charge in [-0.2, -0.15) is 0 Å². The third kappa shape index (κ3) is 3.95. The van der Waals surface area contributed by atoms with E-state index < -0.39 is 24.7 Å². The first-order chi connectivity index (χ1) is 11.3. The highest BCUT2D eigenvalue weighted by Crippen LogP contribution is 2.38. The summed E-state index contributed by atoms with van der Waals surface area (Å²) in [6.45, 7) is 1.70. The number of aliphatic hydroxyl groups is 2. The Labute approximate surface area is 150 Å². The molecule has 8 heteroatoms. The van der Waals surface area contributed by atoms with Crippen molar-refractivity contribution < 1.29 is 20.1 Å². The Morgan fingerprint density at radius 3 is 2.62 bits per heavy atom. The summed E-state index contributed by atoms with van der Waals surface area (Å²) in [5, 5.41) is 29.1. The normalized spacial score (nSPS) is 23.8. The van der Waals surface area contributed by atoms with Crippen LogP contribution in [0.15, 0.2) is 12.1 Å². The van der Waals surface area contributed by atoms with Crippen LogP contribution in [0.1, 0.15) is 31.4 Å². The second kappa shape index (κ2) is 7.89. The number of likely N-dealkylation sites (tertiary alicyclic amines) is 1. The lowest BCUT2D eigenvalue weighted by Gasteiger charge is -2.40. The third-order valence-electron chi connectivity index (χ3n) is 4.59. The molecule has 24 heavy (non-hydrogen) atoms. The summed E-state index contributed by atoms with van der Waals surface area (Å²) in [5.41, 5.74) is 6.83. The topological polar surface area (TPSA) is 107 Å². The van der Waals surface area contributed by atoms with Gasteiger partial charge in [-0.1, -0.05) is 23.2 Å². The van der Waals surface area contributed by atoms with E-state index in [1.165, 1.54) is 6.07 Å². The van der Waals surface area contributed by atoms with Crippen LogP contribution in [0.25, 0.3) is 0 Å². The zero-order valence-corrected chi connectivity index (χ0v) is 14.8. The molecule has 1 fully saturated rings. The standard InChI is InChI=1S/C16H22Cl2N2O4/c1-8-4-9(2-3-20(8)16(24)14(23)7-21)15(19)10-5-11(17)12(18)6-13(10)22/h5-6,8-9,14-15,21-23H,2-4,7,19H2,1H3/t8-,9+,14?,15?/m0/s1. The number of aromatic hydroxyl groups is 1. The Morgan fingerprint density at radius 1 is 1.42 bits per heavy atom. The van der Waals surface area contributed by atoms with Crippen molar-refractivity contribution in [3.8, 4) is 5.75 Å². The Hall–Kier alpha value is -1.05. The van der Waals surface area contributed by atoms with E-state index in [0.717, 1.165) is 0 Å². The lowest BCUT2D eigenvalue weighted by molar-refractivity contribution is -0.146. The molecule has 1 saturated heterocycles. The van der Waals surface area contributed by atoms with Crippen molar-refractivity contribution in [3.05, 3.63) is 27.7 Å². The Kier molecular flexibility index (Phi) is 6.33. The molecule has 1 amide bonds. The molecule has 1 heterocycles. The number of halogens is 2. The van der Waals surface area contributed by atoms with Gasteiger partial charge in [-0.25, -0.2) is 0 Å². The SMILES string of the molecule is C[C@H]1C[C@H](C(N)c2cc(Cl)c(Cl)cc2O)CCN1C(=O)C(O)CO. The van der Waals surface area contributed by atoms with Gasteiger partial charge < -0.3 is 26.0 Å². The van der Waals surface area contributed by atoms with Crippen molar-refractivity contribution in [2.24, 2.45) is 11.7 Å². The Balaban J connectivity index is 2.10. The molecular weight excluding hydrogens is 355 g/mol. The van der Waals surface area contributed by atoms with Gasteiger partial charge in [0.2, 0.25) is 0 Å². The highest BCUT2D eigenvalue weighted by Gasteiger charge is 2.35. The number of hydrogen-bond donors (Lipinski definition) is 4. The van der Waals surface area contributed by atoms with Crippen molar-refractivity contribution in [3.63, 3.8) is 0 Å². The average Bonchev–Trinajstić information content (AvgIpc) is 2.56. The molecule has 1 aromatic carbocycles. The number of amides is 1. The number of rotatable bonds is 4. The number of piperidine rings is 1. The minimum Gasteiger partial charge on any atom is -0.508 e. The average molecular weight is 377 g/mol. The zero-order chi connectivity index (χ0) is 18.0. The summed E-state index contributed by atoms with van der Waals surface area (Å²) in [4.78, 5) is 13.6. The molecule has 4 atom stereocenters. The second-order valence-corrected chi connectivity index (χ2v) is 7.03. The maximum Gasteiger partial charge on any atom is 0.254 e. The molecule has 0 spiro atoms. The predicted molar refractivity (Wildman–Crippen MR) is 92.0 cm³/mol. The maximum atomic E-state index is 12.0. The molecule has 1 aromatic rings. The van der Waals surface area contributed by atoms with Crippen molar-refractivity contribution >= 4 is 29.1 Å². The molecule has 134 valence electrons. The van der Waals surface area contributed by atoms with Gasteiger partial charge in [-0.05, 0) is 31.7 Å². The molecule has 2 unspecified atom stereocenters. The van der Waals surface area contributed by atoms with E-state index in [1.54, 1.807) is 11.0 Å². The number of hydrogen-bond acceptors (Lipinski definition) is 5. The minimum absolute atomic E-state index is 0.00115. The summed E-state index contributed by atoms with van der Waals surface area (Å²) in [7, 11) is 0. The summed E-state index contributed by atoms with van der Waals surface area (Å²) >= 11 is 11.9. The molecule has 5 N–H and O–H groups in total. The smallest absolute Gasteiger partial charge is 0.254 e. The molecule has 0 saturated carbocycles. The molecule has 1 aliphatic heterocycles. The van der Waals surface area contributed by atoms with Gasteiger partial charge in [0.1, 0.15) is 5.75 Å². The van der Waals surface area contributed by atoms with Crippen LogP contribution in [0.4, 0.5) is 0 Å². The molecule has 2 rings (SSSR count). The van der Waals surface area contributed by atoms with Gasteiger partial charge >= 0.3 is 0 Å². The van der Waals surface area contributed by atoms with Crippen molar-refractivity contribution in [2.45, 2.75) is 38.0 Å². The number of benzene rings is 1. The summed E-state index contributed by atoms with van der Waals surface area (Å²) < 4.78 is 0. The van der Waals surface area contributed by atoms with E-state index in [1.807, 2.05) is 6.92 Å². The highest BCUT2D eigenvalue weighted by atomic mass is 35.5. The number of aliphatic hydroxyl groups excluding tert-OH is 2. The van der Waals surface area contributed by atoms with Crippen molar-refractivity contribution in [1.29, 1.82) is 0 Å². The van der Waals surface area contributed by atoms with Crippen LogP contribution < -0.4 is 5.73 Å². The maximum absolute atomic E-state index is 12.0. The van der Waals surface area contributed by atoms with Gasteiger partial charge in [-0.15, -0.1) is 0 Å². The first-order valence-electron chi connectivity index (χ1n) is 7.79. The van der Waals surface area contributed by atoms with E-state index in [4.69, 9.17) is 34.0 Å². The van der Waals surface area contributed by atoms with Crippen LogP contribution >= 0.6 is 23.2 Å². The molecular formula is C16H22Cl2N2O4. The summed E-state index contributed by atoms with van der Waals surface area (Å²) in [6.07, 6.45) is -0.156. The third-order valence-corrected chi connectivity index (χ3v) is 5.32. The van der Waals surface area contributed by atoms with Crippen molar-refractivity contribution in [2.75, 3.05) is 13.2 Å². The van der Waals surface area contributed by atoms with Crippen LogP contribution in [-0.4, -0.2) is 51.4 Å².